The average Bonchev–Trinajstić information content (AvgIpc) is 2.14. The van der Waals surface area contributed by atoms with Gasteiger partial charge in [-0.15, -0.1) is 0 Å². The quantitative estimate of drug-likeness (QED) is 0.790. The molecule has 0 spiro atoms. The van der Waals surface area contributed by atoms with E-state index in [0.717, 1.165) is 0 Å². The molecule has 1 amide bonds. The van der Waals surface area contributed by atoms with Crippen molar-refractivity contribution in [3.8, 4) is 0 Å². The molecule has 1 atom stereocenters. The molecule has 82 valence electrons. The van der Waals surface area contributed by atoms with Gasteiger partial charge in [0.1, 0.15) is 5.82 Å². The molecule has 0 unspecified atom stereocenters. The van der Waals surface area contributed by atoms with Crippen LogP contribution in [-0.4, -0.2) is 23.7 Å². The fraction of sp³-hybridized carbons (Fsp3) is 0.364. The Morgan fingerprint density at radius 3 is 2.80 bits per heavy atom. The number of halogens is 1. The van der Waals surface area contributed by atoms with Crippen LogP contribution in [0, 0.1) is 12.7 Å². The van der Waals surface area contributed by atoms with Crippen LogP contribution in [-0.2, 0) is 0 Å². The second-order valence-electron chi connectivity index (χ2n) is 3.52. The molecule has 0 heterocycles. The third kappa shape index (κ3) is 3.32. The lowest BCUT2D eigenvalue weighted by Gasteiger charge is -2.08. The number of rotatable bonds is 3. The van der Waals surface area contributed by atoms with Gasteiger partial charge in [-0.25, -0.2) is 4.39 Å². The normalized spacial score (nSPS) is 12.3. The molecular weight excluding hydrogens is 197 g/mol. The van der Waals surface area contributed by atoms with Crippen LogP contribution in [0.3, 0.4) is 0 Å². The van der Waals surface area contributed by atoms with E-state index in [1.807, 2.05) is 0 Å². The van der Waals surface area contributed by atoms with E-state index >= 15 is 0 Å². The van der Waals surface area contributed by atoms with Crippen molar-refractivity contribution in [2.24, 2.45) is 0 Å². The molecule has 0 saturated carbocycles. The van der Waals surface area contributed by atoms with Gasteiger partial charge in [0.2, 0.25) is 0 Å². The van der Waals surface area contributed by atoms with Gasteiger partial charge in [-0.2, -0.15) is 0 Å². The lowest BCUT2D eigenvalue weighted by atomic mass is 10.1. The fourth-order valence-corrected chi connectivity index (χ4v) is 1.22. The molecule has 4 heteroatoms. The number of hydrogen-bond acceptors (Lipinski definition) is 2. The zero-order valence-electron chi connectivity index (χ0n) is 8.75. The third-order valence-electron chi connectivity index (χ3n) is 1.99. The van der Waals surface area contributed by atoms with Crippen molar-refractivity contribution in [1.29, 1.82) is 0 Å². The first kappa shape index (κ1) is 11.7. The summed E-state index contributed by atoms with van der Waals surface area (Å²) in [4.78, 5) is 11.5. The SMILES string of the molecule is Cc1cc(F)ccc1C(=O)NC[C@@H](C)O. The summed E-state index contributed by atoms with van der Waals surface area (Å²) in [6.07, 6.45) is -0.588. The maximum Gasteiger partial charge on any atom is 0.251 e. The number of nitrogens with one attached hydrogen (secondary N) is 1. The van der Waals surface area contributed by atoms with E-state index in [1.54, 1.807) is 13.8 Å². The Balaban J connectivity index is 2.74. The highest BCUT2D eigenvalue weighted by Gasteiger charge is 2.09. The minimum Gasteiger partial charge on any atom is -0.392 e. The summed E-state index contributed by atoms with van der Waals surface area (Å²) in [5.41, 5.74) is 1.01. The number of aryl methyl sites for hydroxylation is 1. The highest BCUT2D eigenvalue weighted by molar-refractivity contribution is 5.95. The Bertz CT molecular complexity index is 364. The molecule has 0 saturated heterocycles. The smallest absolute Gasteiger partial charge is 0.251 e. The number of aliphatic hydroxyl groups excluding tert-OH is 1. The molecule has 0 aliphatic rings. The Labute approximate surface area is 87.9 Å². The molecule has 0 aromatic heterocycles. The summed E-state index contributed by atoms with van der Waals surface area (Å²) in [5, 5.41) is 11.5. The zero-order valence-corrected chi connectivity index (χ0v) is 8.75. The predicted octanol–water partition coefficient (Wildman–Crippen LogP) is 1.24. The highest BCUT2D eigenvalue weighted by Crippen LogP contribution is 2.09. The highest BCUT2D eigenvalue weighted by atomic mass is 19.1. The fourth-order valence-electron chi connectivity index (χ4n) is 1.22. The van der Waals surface area contributed by atoms with Crippen molar-refractivity contribution in [3.05, 3.63) is 35.1 Å². The first-order valence-corrected chi connectivity index (χ1v) is 4.73. The van der Waals surface area contributed by atoms with Gasteiger partial charge < -0.3 is 10.4 Å². The number of carbonyl (C=O) groups is 1. The number of carbonyl (C=O) groups excluding carboxylic acids is 1. The second kappa shape index (κ2) is 4.89. The van der Waals surface area contributed by atoms with Crippen molar-refractivity contribution < 1.29 is 14.3 Å². The van der Waals surface area contributed by atoms with Gasteiger partial charge >= 0.3 is 0 Å². The van der Waals surface area contributed by atoms with Crippen LogP contribution in [0.5, 0.6) is 0 Å². The molecule has 1 aromatic rings. The van der Waals surface area contributed by atoms with Crippen LogP contribution >= 0.6 is 0 Å². The van der Waals surface area contributed by atoms with E-state index in [9.17, 15) is 9.18 Å². The molecule has 1 aromatic carbocycles. The van der Waals surface area contributed by atoms with Crippen molar-refractivity contribution in [1.82, 2.24) is 5.32 Å². The number of benzene rings is 1. The van der Waals surface area contributed by atoms with E-state index in [4.69, 9.17) is 5.11 Å². The molecular formula is C11H14FNO2. The van der Waals surface area contributed by atoms with Gasteiger partial charge in [-0.05, 0) is 37.6 Å². The number of amides is 1. The molecule has 2 N–H and O–H groups in total. The monoisotopic (exact) mass is 211 g/mol. The summed E-state index contributed by atoms with van der Waals surface area (Å²) in [6.45, 7) is 3.44. The summed E-state index contributed by atoms with van der Waals surface area (Å²) in [7, 11) is 0. The minimum absolute atomic E-state index is 0.190. The van der Waals surface area contributed by atoms with Crippen LogP contribution in [0.1, 0.15) is 22.8 Å². The first-order chi connectivity index (χ1) is 7.00. The van der Waals surface area contributed by atoms with Crippen molar-refractivity contribution >= 4 is 5.91 Å². The van der Waals surface area contributed by atoms with Crippen LogP contribution in [0.4, 0.5) is 4.39 Å². The van der Waals surface area contributed by atoms with E-state index in [1.165, 1.54) is 18.2 Å². The van der Waals surface area contributed by atoms with Crippen molar-refractivity contribution in [2.75, 3.05) is 6.54 Å². The van der Waals surface area contributed by atoms with Crippen molar-refractivity contribution in [2.45, 2.75) is 20.0 Å². The summed E-state index contributed by atoms with van der Waals surface area (Å²) in [6, 6.07) is 3.98. The van der Waals surface area contributed by atoms with Crippen LogP contribution < -0.4 is 5.32 Å². The molecule has 0 radical (unpaired) electrons. The Hall–Kier alpha value is -1.42. The predicted molar refractivity (Wildman–Crippen MR) is 55.2 cm³/mol. The Kier molecular flexibility index (Phi) is 3.80. The summed E-state index contributed by atoms with van der Waals surface area (Å²) >= 11 is 0. The summed E-state index contributed by atoms with van der Waals surface area (Å²) in [5.74, 6) is -0.659. The maximum atomic E-state index is 12.8. The lowest BCUT2D eigenvalue weighted by Crippen LogP contribution is -2.30. The molecule has 0 fully saturated rings. The molecule has 1 rings (SSSR count). The van der Waals surface area contributed by atoms with Gasteiger partial charge in [0.25, 0.3) is 5.91 Å². The maximum absolute atomic E-state index is 12.8. The van der Waals surface area contributed by atoms with E-state index < -0.39 is 6.10 Å². The Morgan fingerprint density at radius 2 is 2.27 bits per heavy atom. The standard InChI is InChI=1S/C11H14FNO2/c1-7-5-9(12)3-4-10(7)11(15)13-6-8(2)14/h3-5,8,14H,6H2,1-2H3,(H,13,15)/t8-/m1/s1. The molecule has 3 nitrogen and oxygen atoms in total. The van der Waals surface area contributed by atoms with E-state index in [-0.39, 0.29) is 18.3 Å². The number of aliphatic hydroxyl groups is 1. The second-order valence-corrected chi connectivity index (χ2v) is 3.52. The lowest BCUT2D eigenvalue weighted by molar-refractivity contribution is 0.0923. The van der Waals surface area contributed by atoms with E-state index in [2.05, 4.69) is 5.32 Å². The molecule has 0 aliphatic heterocycles. The zero-order chi connectivity index (χ0) is 11.4. The first-order valence-electron chi connectivity index (χ1n) is 4.73. The van der Waals surface area contributed by atoms with Gasteiger partial charge in [0.15, 0.2) is 0 Å². The average molecular weight is 211 g/mol. The number of hydrogen-bond donors (Lipinski definition) is 2. The topological polar surface area (TPSA) is 49.3 Å². The van der Waals surface area contributed by atoms with E-state index in [0.29, 0.717) is 11.1 Å². The third-order valence-corrected chi connectivity index (χ3v) is 1.99. The summed E-state index contributed by atoms with van der Waals surface area (Å²) < 4.78 is 12.8. The van der Waals surface area contributed by atoms with Gasteiger partial charge in [0, 0.05) is 12.1 Å². The van der Waals surface area contributed by atoms with Crippen LogP contribution in [0.25, 0.3) is 0 Å². The molecule has 15 heavy (non-hydrogen) atoms. The Morgan fingerprint density at radius 1 is 1.60 bits per heavy atom. The minimum atomic E-state index is -0.588. The van der Waals surface area contributed by atoms with Crippen LogP contribution in [0.15, 0.2) is 18.2 Å². The van der Waals surface area contributed by atoms with Crippen molar-refractivity contribution in [3.63, 3.8) is 0 Å². The van der Waals surface area contributed by atoms with Gasteiger partial charge in [0.05, 0.1) is 6.10 Å². The van der Waals surface area contributed by atoms with Gasteiger partial charge in [-0.3, -0.25) is 4.79 Å². The molecule has 0 aliphatic carbocycles. The van der Waals surface area contributed by atoms with Gasteiger partial charge in [-0.1, -0.05) is 0 Å². The largest absolute Gasteiger partial charge is 0.392 e. The molecule has 0 bridgehead atoms. The van der Waals surface area contributed by atoms with Crippen LogP contribution in [0.2, 0.25) is 0 Å².